The van der Waals surface area contributed by atoms with Crippen molar-refractivity contribution in [1.29, 1.82) is 0 Å². The topological polar surface area (TPSA) is 34.1 Å². The number of hydrogen-bond acceptors (Lipinski definition) is 4. The maximum atomic E-state index is 11.1. The van der Waals surface area contributed by atoms with Gasteiger partial charge in [-0.25, -0.2) is 0 Å². The molecule has 0 spiro atoms. The highest BCUT2D eigenvalue weighted by Gasteiger charge is 2.15. The predicted octanol–water partition coefficient (Wildman–Crippen LogP) is 4.95. The summed E-state index contributed by atoms with van der Waals surface area (Å²) in [4.78, 5) is 22.3. The molecule has 2 nitrogen and oxygen atoms in total. The molecule has 4 heteroatoms. The second kappa shape index (κ2) is 10.3. The lowest BCUT2D eigenvalue weighted by atomic mass is 10.2. The standard InChI is InChI=1S/C15H24O2S2/c1-5-13(16)9-7-11-18-15(3,4)19-12-8-10-14(17)6-2/h7-8,11-12H,5-6,9-10H2,1-4H3. The van der Waals surface area contributed by atoms with Crippen molar-refractivity contribution in [2.75, 3.05) is 0 Å². The number of Topliss-reactive ketones (excluding diaryl/α,β-unsaturated/α-hetero) is 2. The van der Waals surface area contributed by atoms with Gasteiger partial charge in [-0.3, -0.25) is 9.59 Å². The van der Waals surface area contributed by atoms with Crippen molar-refractivity contribution in [3.05, 3.63) is 23.0 Å². The molecule has 0 fully saturated rings. The Hall–Kier alpha value is -0.480. The highest BCUT2D eigenvalue weighted by atomic mass is 32.2. The fourth-order valence-corrected chi connectivity index (χ4v) is 2.70. The summed E-state index contributed by atoms with van der Waals surface area (Å²) in [7, 11) is 0. The van der Waals surface area contributed by atoms with E-state index < -0.39 is 0 Å². The molecule has 0 saturated heterocycles. The van der Waals surface area contributed by atoms with Gasteiger partial charge in [0.2, 0.25) is 0 Å². The van der Waals surface area contributed by atoms with Gasteiger partial charge in [-0.1, -0.05) is 26.0 Å². The normalized spacial score (nSPS) is 12.4. The van der Waals surface area contributed by atoms with E-state index in [1.165, 1.54) is 0 Å². The van der Waals surface area contributed by atoms with Gasteiger partial charge in [0.25, 0.3) is 0 Å². The third kappa shape index (κ3) is 11.1. The Bertz CT molecular complexity index is 312. The van der Waals surface area contributed by atoms with Crippen molar-refractivity contribution in [3.63, 3.8) is 0 Å². The third-order valence-corrected chi connectivity index (χ3v) is 4.75. The molecule has 108 valence electrons. The Kier molecular flexibility index (Phi) is 10.1. The van der Waals surface area contributed by atoms with E-state index in [1.54, 1.807) is 23.5 Å². The zero-order valence-electron chi connectivity index (χ0n) is 12.3. The number of allylic oxidation sites excluding steroid dienone is 2. The quantitative estimate of drug-likeness (QED) is 0.534. The van der Waals surface area contributed by atoms with Crippen LogP contribution in [0.3, 0.4) is 0 Å². The van der Waals surface area contributed by atoms with Gasteiger partial charge in [0.15, 0.2) is 0 Å². The molecule has 0 N–H and O–H groups in total. The van der Waals surface area contributed by atoms with Gasteiger partial charge < -0.3 is 0 Å². The number of carbonyl (C=O) groups is 2. The monoisotopic (exact) mass is 300 g/mol. The van der Waals surface area contributed by atoms with Gasteiger partial charge in [-0.15, -0.1) is 23.5 Å². The van der Waals surface area contributed by atoms with Crippen molar-refractivity contribution in [2.45, 2.75) is 57.5 Å². The van der Waals surface area contributed by atoms with Gasteiger partial charge in [-0.05, 0) is 24.7 Å². The molecular formula is C15H24O2S2. The summed E-state index contributed by atoms with van der Waals surface area (Å²) in [5.41, 5.74) is 0. The van der Waals surface area contributed by atoms with E-state index in [4.69, 9.17) is 0 Å². The van der Waals surface area contributed by atoms with Crippen LogP contribution in [-0.4, -0.2) is 15.6 Å². The lowest BCUT2D eigenvalue weighted by Crippen LogP contribution is -2.05. The van der Waals surface area contributed by atoms with E-state index in [1.807, 2.05) is 36.8 Å². The van der Waals surface area contributed by atoms with Crippen LogP contribution in [0.1, 0.15) is 53.4 Å². The Morgan fingerprint density at radius 3 is 1.58 bits per heavy atom. The smallest absolute Gasteiger partial charge is 0.136 e. The Labute approximate surface area is 125 Å². The lowest BCUT2D eigenvalue weighted by Gasteiger charge is -2.18. The minimum Gasteiger partial charge on any atom is -0.299 e. The molecule has 0 unspecified atom stereocenters. The van der Waals surface area contributed by atoms with E-state index in [9.17, 15) is 9.59 Å². The van der Waals surface area contributed by atoms with Crippen molar-refractivity contribution < 1.29 is 9.59 Å². The molecular weight excluding hydrogens is 276 g/mol. The summed E-state index contributed by atoms with van der Waals surface area (Å²) in [6.45, 7) is 8.01. The molecule has 19 heavy (non-hydrogen) atoms. The Morgan fingerprint density at radius 2 is 1.26 bits per heavy atom. The summed E-state index contributed by atoms with van der Waals surface area (Å²) >= 11 is 3.38. The van der Waals surface area contributed by atoms with Gasteiger partial charge in [0.1, 0.15) is 11.6 Å². The molecule has 0 amide bonds. The second-order valence-corrected chi connectivity index (χ2v) is 7.89. The SMILES string of the molecule is CCC(=O)CC=CSC(C)(C)SC=CCC(=O)CC. The summed E-state index contributed by atoms with van der Waals surface area (Å²) < 4.78 is 0.0114. The second-order valence-electron chi connectivity index (χ2n) is 4.57. The molecule has 0 saturated carbocycles. The Morgan fingerprint density at radius 1 is 0.895 bits per heavy atom. The summed E-state index contributed by atoms with van der Waals surface area (Å²) in [6.07, 6.45) is 6.07. The van der Waals surface area contributed by atoms with E-state index in [0.717, 1.165) is 0 Å². The molecule has 0 aromatic carbocycles. The molecule has 0 aliphatic rings. The molecule has 0 aliphatic carbocycles. The predicted molar refractivity (Wildman–Crippen MR) is 87.4 cm³/mol. The molecule has 0 bridgehead atoms. The van der Waals surface area contributed by atoms with Gasteiger partial charge >= 0.3 is 0 Å². The van der Waals surface area contributed by atoms with Crippen LogP contribution in [0.4, 0.5) is 0 Å². The van der Waals surface area contributed by atoms with Crippen LogP contribution in [-0.2, 0) is 9.59 Å². The first-order chi connectivity index (χ1) is 8.91. The number of thioether (sulfide) groups is 2. The zero-order valence-corrected chi connectivity index (χ0v) is 13.9. The average Bonchev–Trinajstić information content (AvgIpc) is 2.39. The fourth-order valence-electron chi connectivity index (χ4n) is 1.10. The maximum absolute atomic E-state index is 11.1. The molecule has 0 aliphatic heterocycles. The molecule has 0 radical (unpaired) electrons. The highest BCUT2D eigenvalue weighted by molar-refractivity contribution is 8.20. The van der Waals surface area contributed by atoms with Crippen LogP contribution >= 0.6 is 23.5 Å². The van der Waals surface area contributed by atoms with Crippen molar-refractivity contribution in [2.24, 2.45) is 0 Å². The minimum atomic E-state index is 0.0114. The van der Waals surface area contributed by atoms with Crippen LogP contribution in [0.2, 0.25) is 0 Å². The summed E-state index contributed by atoms with van der Waals surface area (Å²) in [5, 5.41) is 3.98. The number of hydrogen-bond donors (Lipinski definition) is 0. The molecule has 0 aromatic rings. The van der Waals surface area contributed by atoms with E-state index in [-0.39, 0.29) is 15.6 Å². The highest BCUT2D eigenvalue weighted by Crippen LogP contribution is 2.37. The van der Waals surface area contributed by atoms with E-state index in [0.29, 0.717) is 25.7 Å². The van der Waals surface area contributed by atoms with Crippen molar-refractivity contribution in [1.82, 2.24) is 0 Å². The number of carbonyl (C=O) groups excluding carboxylic acids is 2. The van der Waals surface area contributed by atoms with E-state index in [2.05, 4.69) is 13.8 Å². The van der Waals surface area contributed by atoms with Crippen molar-refractivity contribution >= 4 is 35.1 Å². The number of ketones is 2. The number of rotatable bonds is 10. The van der Waals surface area contributed by atoms with Crippen molar-refractivity contribution in [3.8, 4) is 0 Å². The maximum Gasteiger partial charge on any atom is 0.136 e. The fraction of sp³-hybridized carbons (Fsp3) is 0.600. The zero-order chi connectivity index (χ0) is 14.7. The van der Waals surface area contributed by atoms with Crippen LogP contribution in [0, 0.1) is 0 Å². The summed E-state index contributed by atoms with van der Waals surface area (Å²) in [5.74, 6) is 0.528. The van der Waals surface area contributed by atoms with Crippen LogP contribution < -0.4 is 0 Å². The Balaban J connectivity index is 3.97. The third-order valence-electron chi connectivity index (χ3n) is 2.38. The molecule has 0 heterocycles. The van der Waals surface area contributed by atoms with Crippen LogP contribution in [0.5, 0.6) is 0 Å². The van der Waals surface area contributed by atoms with Gasteiger partial charge in [0.05, 0.1) is 4.08 Å². The van der Waals surface area contributed by atoms with Crippen LogP contribution in [0.25, 0.3) is 0 Å². The van der Waals surface area contributed by atoms with Crippen LogP contribution in [0.15, 0.2) is 23.0 Å². The van der Waals surface area contributed by atoms with Gasteiger partial charge in [0, 0.05) is 25.7 Å². The summed E-state index contributed by atoms with van der Waals surface area (Å²) in [6, 6.07) is 0. The first-order valence-corrected chi connectivity index (χ1v) is 8.36. The molecule has 0 rings (SSSR count). The first-order valence-electron chi connectivity index (χ1n) is 6.60. The first kappa shape index (κ1) is 18.5. The molecule has 0 aromatic heterocycles. The average molecular weight is 300 g/mol. The minimum absolute atomic E-state index is 0.0114. The largest absolute Gasteiger partial charge is 0.299 e. The van der Waals surface area contributed by atoms with Gasteiger partial charge in [-0.2, -0.15) is 0 Å². The van der Waals surface area contributed by atoms with E-state index >= 15 is 0 Å². The molecule has 0 atom stereocenters. The lowest BCUT2D eigenvalue weighted by molar-refractivity contribution is -0.118.